The van der Waals surface area contributed by atoms with Gasteiger partial charge in [0.1, 0.15) is 11.5 Å². The van der Waals surface area contributed by atoms with Crippen molar-refractivity contribution in [3.05, 3.63) is 72.8 Å². The average molecular weight is 238 g/mol. The molecule has 0 atom stereocenters. The highest BCUT2D eigenvalue weighted by atomic mass is 16.3. The van der Waals surface area contributed by atoms with E-state index in [0.29, 0.717) is 0 Å². The fraction of sp³-hybridized carbons (Fsp3) is 0. The molecule has 2 nitrogen and oxygen atoms in total. The van der Waals surface area contributed by atoms with E-state index in [4.69, 9.17) is 10.2 Å². The summed E-state index contributed by atoms with van der Waals surface area (Å²) < 4.78 is 0. The second-order valence-electron chi connectivity index (χ2n) is 3.87. The Kier molecular flexibility index (Phi) is 3.82. The Hall–Kier alpha value is -2.48. The summed E-state index contributed by atoms with van der Waals surface area (Å²) in [5.74, 6) is 0.176. The molecule has 3 aromatic rings. The summed E-state index contributed by atoms with van der Waals surface area (Å²) in [6.45, 7) is 0. The number of phenolic OH excluding ortho intramolecular Hbond substituents is 2. The van der Waals surface area contributed by atoms with Crippen LogP contribution in [0.1, 0.15) is 0 Å². The molecule has 0 heterocycles. The summed E-state index contributed by atoms with van der Waals surface area (Å²) in [6.07, 6.45) is 0. The van der Waals surface area contributed by atoms with Crippen molar-refractivity contribution in [2.45, 2.75) is 0 Å². The third kappa shape index (κ3) is 3.25. The summed E-state index contributed by atoms with van der Waals surface area (Å²) >= 11 is 0. The van der Waals surface area contributed by atoms with E-state index in [1.54, 1.807) is 6.07 Å². The Morgan fingerprint density at radius 2 is 0.889 bits per heavy atom. The van der Waals surface area contributed by atoms with Crippen LogP contribution in [0.5, 0.6) is 11.5 Å². The van der Waals surface area contributed by atoms with Gasteiger partial charge in [-0.3, -0.25) is 0 Å². The summed E-state index contributed by atoms with van der Waals surface area (Å²) in [7, 11) is 0. The third-order valence-electron chi connectivity index (χ3n) is 2.49. The Bertz CT molecular complexity index is 550. The van der Waals surface area contributed by atoms with E-state index in [1.807, 2.05) is 0 Å². The van der Waals surface area contributed by atoms with Crippen LogP contribution in [0.3, 0.4) is 0 Å². The predicted octanol–water partition coefficient (Wildman–Crippen LogP) is 3.94. The van der Waals surface area contributed by atoms with Gasteiger partial charge in [0.25, 0.3) is 0 Å². The summed E-state index contributed by atoms with van der Waals surface area (Å²) in [5, 5.41) is 19.9. The minimum absolute atomic E-state index is 0.0880. The molecule has 0 aromatic heterocycles. The maximum absolute atomic E-state index is 8.65. The smallest absolute Gasteiger partial charge is 0.119 e. The molecule has 0 spiro atoms. The van der Waals surface area contributed by atoms with Gasteiger partial charge in [-0.1, -0.05) is 54.6 Å². The maximum Gasteiger partial charge on any atom is 0.119 e. The van der Waals surface area contributed by atoms with Crippen LogP contribution in [0, 0.1) is 0 Å². The van der Waals surface area contributed by atoms with Gasteiger partial charge in [0, 0.05) is 6.07 Å². The molecule has 0 fully saturated rings. The lowest BCUT2D eigenvalue weighted by Gasteiger charge is -1.92. The van der Waals surface area contributed by atoms with Gasteiger partial charge < -0.3 is 10.2 Å². The van der Waals surface area contributed by atoms with Crippen LogP contribution in [0.4, 0.5) is 0 Å². The second kappa shape index (κ2) is 5.73. The predicted molar refractivity (Wildman–Crippen MR) is 73.7 cm³/mol. The fourth-order valence-electron chi connectivity index (χ4n) is 1.63. The van der Waals surface area contributed by atoms with Gasteiger partial charge in [0.2, 0.25) is 0 Å². The van der Waals surface area contributed by atoms with Crippen LogP contribution in [0.2, 0.25) is 0 Å². The van der Waals surface area contributed by atoms with E-state index in [0.717, 1.165) is 0 Å². The Labute approximate surface area is 106 Å². The lowest BCUT2D eigenvalue weighted by atomic mass is 10.1. The quantitative estimate of drug-likeness (QED) is 0.622. The van der Waals surface area contributed by atoms with Crippen molar-refractivity contribution in [2.24, 2.45) is 0 Å². The lowest BCUT2D eigenvalue weighted by Crippen LogP contribution is -1.67. The highest BCUT2D eigenvalue weighted by Gasteiger charge is 1.86. The Morgan fingerprint density at radius 1 is 0.500 bits per heavy atom. The van der Waals surface area contributed by atoms with Gasteiger partial charge in [0.05, 0.1) is 0 Å². The average Bonchev–Trinajstić information content (AvgIpc) is 2.39. The Balaban J connectivity index is 0.000000138. The second-order valence-corrected chi connectivity index (χ2v) is 3.87. The number of hydrogen-bond donors (Lipinski definition) is 2. The molecule has 0 saturated heterocycles. The van der Waals surface area contributed by atoms with Crippen molar-refractivity contribution < 1.29 is 10.2 Å². The van der Waals surface area contributed by atoms with Crippen LogP contribution in [0.15, 0.2) is 72.8 Å². The molecule has 90 valence electrons. The van der Waals surface area contributed by atoms with E-state index >= 15 is 0 Å². The molecular weight excluding hydrogens is 224 g/mol. The van der Waals surface area contributed by atoms with Crippen LogP contribution in [-0.4, -0.2) is 10.2 Å². The number of benzene rings is 3. The maximum atomic E-state index is 8.65. The molecule has 0 amide bonds. The highest BCUT2D eigenvalue weighted by molar-refractivity contribution is 5.81. The van der Waals surface area contributed by atoms with Crippen LogP contribution in [0.25, 0.3) is 10.8 Å². The zero-order valence-corrected chi connectivity index (χ0v) is 9.82. The van der Waals surface area contributed by atoms with Crippen molar-refractivity contribution >= 4 is 10.8 Å². The molecule has 0 bridgehead atoms. The molecule has 0 saturated carbocycles. The molecule has 0 aliphatic heterocycles. The largest absolute Gasteiger partial charge is 0.508 e. The lowest BCUT2D eigenvalue weighted by molar-refractivity contribution is 0.450. The monoisotopic (exact) mass is 238 g/mol. The van der Waals surface area contributed by atoms with E-state index in [1.165, 1.54) is 29.0 Å². The van der Waals surface area contributed by atoms with Crippen LogP contribution < -0.4 is 0 Å². The van der Waals surface area contributed by atoms with Gasteiger partial charge >= 0.3 is 0 Å². The highest BCUT2D eigenvalue weighted by Crippen LogP contribution is 2.14. The minimum atomic E-state index is 0.0880. The third-order valence-corrected chi connectivity index (χ3v) is 2.49. The minimum Gasteiger partial charge on any atom is -0.508 e. The van der Waals surface area contributed by atoms with E-state index in [2.05, 4.69) is 48.5 Å². The molecule has 0 aliphatic rings. The van der Waals surface area contributed by atoms with E-state index < -0.39 is 0 Å². The van der Waals surface area contributed by atoms with Gasteiger partial charge in [-0.05, 0) is 22.9 Å². The van der Waals surface area contributed by atoms with Crippen molar-refractivity contribution in [1.29, 1.82) is 0 Å². The first-order chi connectivity index (χ1) is 8.75. The standard InChI is InChI=1S/C10H8.C6H6O2/c1-2-6-10-8-4-3-7-9(10)5-1;7-5-2-1-3-6(8)4-5/h1-8H;1-4,7-8H. The summed E-state index contributed by atoms with van der Waals surface area (Å²) in [6, 6.07) is 22.6. The topological polar surface area (TPSA) is 40.5 Å². The number of rotatable bonds is 0. The van der Waals surface area contributed by atoms with Crippen molar-refractivity contribution in [2.75, 3.05) is 0 Å². The first-order valence-electron chi connectivity index (χ1n) is 5.67. The van der Waals surface area contributed by atoms with Gasteiger partial charge in [-0.25, -0.2) is 0 Å². The van der Waals surface area contributed by atoms with Crippen LogP contribution >= 0.6 is 0 Å². The van der Waals surface area contributed by atoms with Crippen molar-refractivity contribution in [3.8, 4) is 11.5 Å². The molecule has 18 heavy (non-hydrogen) atoms. The molecule has 3 aromatic carbocycles. The molecule has 3 rings (SSSR count). The van der Waals surface area contributed by atoms with Gasteiger partial charge in [-0.15, -0.1) is 0 Å². The molecule has 0 radical (unpaired) electrons. The number of hydrogen-bond acceptors (Lipinski definition) is 2. The van der Waals surface area contributed by atoms with Crippen LogP contribution in [-0.2, 0) is 0 Å². The molecule has 2 N–H and O–H groups in total. The van der Waals surface area contributed by atoms with Gasteiger partial charge in [0.15, 0.2) is 0 Å². The first-order valence-corrected chi connectivity index (χ1v) is 5.67. The number of aromatic hydroxyl groups is 2. The fourth-order valence-corrected chi connectivity index (χ4v) is 1.63. The summed E-state index contributed by atoms with van der Waals surface area (Å²) in [4.78, 5) is 0. The SMILES string of the molecule is Oc1cccc(O)c1.c1ccc2ccccc2c1. The number of phenols is 2. The van der Waals surface area contributed by atoms with Crippen molar-refractivity contribution in [3.63, 3.8) is 0 Å². The zero-order valence-electron chi connectivity index (χ0n) is 9.82. The summed E-state index contributed by atoms with van der Waals surface area (Å²) in [5.41, 5.74) is 0. The number of fused-ring (bicyclic) bond motifs is 1. The molecular formula is C16H14O2. The Morgan fingerprint density at radius 3 is 1.17 bits per heavy atom. The van der Waals surface area contributed by atoms with E-state index in [9.17, 15) is 0 Å². The first kappa shape index (κ1) is 12.0. The molecule has 2 heteroatoms. The van der Waals surface area contributed by atoms with Gasteiger partial charge in [-0.2, -0.15) is 0 Å². The normalized spacial score (nSPS) is 9.56. The zero-order chi connectivity index (χ0) is 12.8. The molecule has 0 unspecified atom stereocenters. The van der Waals surface area contributed by atoms with E-state index in [-0.39, 0.29) is 11.5 Å². The van der Waals surface area contributed by atoms with Crippen molar-refractivity contribution in [1.82, 2.24) is 0 Å². The molecule has 0 aliphatic carbocycles.